The minimum absolute atomic E-state index is 0.0500. The predicted octanol–water partition coefficient (Wildman–Crippen LogP) is 14.6. The molecule has 0 amide bonds. The molecule has 256 valence electrons. The van der Waals surface area contributed by atoms with Crippen LogP contribution in [0.4, 0.5) is 17.1 Å². The van der Waals surface area contributed by atoms with Gasteiger partial charge in [-0.2, -0.15) is 0 Å². The van der Waals surface area contributed by atoms with Gasteiger partial charge in [0.1, 0.15) is 0 Å². The Balaban J connectivity index is 1.33. The number of hydrogen-bond donors (Lipinski definition) is 0. The Bertz CT molecular complexity index is 2640. The number of rotatable bonds is 4. The number of fused-ring (bicyclic) bond motifs is 3. The molecule has 2 nitrogen and oxygen atoms in total. The van der Waals surface area contributed by atoms with E-state index in [0.29, 0.717) is 0 Å². The number of hydrogen-bond acceptors (Lipinski definition) is 1. The highest BCUT2D eigenvalue weighted by atomic mass is 35.5. The summed E-state index contributed by atoms with van der Waals surface area (Å²) < 4.78 is 2.45. The number of benzene rings is 7. The summed E-state index contributed by atoms with van der Waals surface area (Å²) in [7, 11) is 0. The molecule has 1 heterocycles. The summed E-state index contributed by atoms with van der Waals surface area (Å²) in [5.41, 5.74) is 15.4. The zero-order valence-electron chi connectivity index (χ0n) is 31.0. The molecular weight excluding hydrogens is 652 g/mol. The Kier molecular flexibility index (Phi) is 7.27. The smallest absolute Gasteiger partial charge is 0.0677 e. The number of aromatic nitrogens is 1. The molecule has 1 aromatic heterocycles. The summed E-state index contributed by atoms with van der Waals surface area (Å²) >= 11 is 7.40. The van der Waals surface area contributed by atoms with Crippen LogP contribution in [0.1, 0.15) is 58.2 Å². The molecular formula is C49H43ClN2. The van der Waals surface area contributed by atoms with E-state index in [4.69, 9.17) is 11.6 Å². The molecule has 0 radical (unpaired) electrons. The summed E-state index contributed by atoms with van der Waals surface area (Å²) in [6.45, 7) is 15.7. The highest BCUT2D eigenvalue weighted by molar-refractivity contribution is 6.35. The van der Waals surface area contributed by atoms with Crippen molar-refractivity contribution in [3.8, 4) is 27.9 Å². The molecule has 9 rings (SSSR count). The van der Waals surface area contributed by atoms with Crippen molar-refractivity contribution < 1.29 is 0 Å². The first-order valence-corrected chi connectivity index (χ1v) is 18.7. The van der Waals surface area contributed by atoms with E-state index in [1.54, 1.807) is 0 Å². The predicted molar refractivity (Wildman–Crippen MR) is 225 cm³/mol. The van der Waals surface area contributed by atoms with E-state index in [1.807, 2.05) is 0 Å². The van der Waals surface area contributed by atoms with E-state index in [0.717, 1.165) is 33.3 Å². The van der Waals surface area contributed by atoms with E-state index in [2.05, 4.69) is 191 Å². The SMILES string of the molecule is Cc1cc(-n2c3cccc4c3c3c5c(cccc5ccc32)-c2ccccc2-4)cc(N(c2ccc(C(C)(C)C)cc2)c2ccc(C(C)(C)C)cc2)c1Cl. The fraction of sp³-hybridized carbons (Fsp3) is 0.184. The molecule has 0 atom stereocenters. The van der Waals surface area contributed by atoms with Crippen LogP contribution in [0.15, 0.2) is 133 Å². The Labute approximate surface area is 311 Å². The third kappa shape index (κ3) is 4.99. The summed E-state index contributed by atoms with van der Waals surface area (Å²) in [6.07, 6.45) is 0. The largest absolute Gasteiger partial charge is 0.309 e. The summed E-state index contributed by atoms with van der Waals surface area (Å²) in [5, 5.41) is 5.91. The van der Waals surface area contributed by atoms with Gasteiger partial charge in [0.05, 0.1) is 21.7 Å². The Hall–Kier alpha value is -5.31. The van der Waals surface area contributed by atoms with Crippen molar-refractivity contribution in [1.82, 2.24) is 4.57 Å². The first-order chi connectivity index (χ1) is 24.9. The first-order valence-electron chi connectivity index (χ1n) is 18.3. The lowest BCUT2D eigenvalue weighted by Gasteiger charge is -2.29. The van der Waals surface area contributed by atoms with Gasteiger partial charge < -0.3 is 9.47 Å². The van der Waals surface area contributed by atoms with Crippen LogP contribution >= 0.6 is 11.6 Å². The van der Waals surface area contributed by atoms with Gasteiger partial charge in [-0.15, -0.1) is 0 Å². The van der Waals surface area contributed by atoms with Crippen LogP contribution in [-0.4, -0.2) is 4.57 Å². The van der Waals surface area contributed by atoms with Gasteiger partial charge in [-0.1, -0.05) is 138 Å². The van der Waals surface area contributed by atoms with Gasteiger partial charge in [0, 0.05) is 27.8 Å². The summed E-state index contributed by atoms with van der Waals surface area (Å²) in [5.74, 6) is 0. The van der Waals surface area contributed by atoms with Crippen LogP contribution in [0.5, 0.6) is 0 Å². The first kappa shape index (κ1) is 32.6. The molecule has 1 aliphatic carbocycles. The average Bonchev–Trinajstić information content (AvgIpc) is 3.41. The standard InChI is InChI=1S/C49H43ClN2/c1-30-28-36(29-43(47(30)50)51(34-23-19-32(20-24-34)48(2,3)4)35-25-21-33(22-26-35)49(5,6)7)52-41-17-11-16-40-38-14-9-8-13-37(38)39-15-10-12-31-18-27-42(52)46(44(31)39)45(40)41/h8-29H,1-7H3. The van der Waals surface area contributed by atoms with Gasteiger partial charge in [0.2, 0.25) is 0 Å². The van der Waals surface area contributed by atoms with E-state index >= 15 is 0 Å². The van der Waals surface area contributed by atoms with Crippen molar-refractivity contribution >= 4 is 61.2 Å². The van der Waals surface area contributed by atoms with Crippen LogP contribution in [0.3, 0.4) is 0 Å². The normalized spacial score (nSPS) is 12.6. The average molecular weight is 695 g/mol. The van der Waals surface area contributed by atoms with Crippen molar-refractivity contribution in [1.29, 1.82) is 0 Å². The second-order valence-electron chi connectivity index (χ2n) is 16.5. The molecule has 7 aromatic carbocycles. The highest BCUT2D eigenvalue weighted by Gasteiger charge is 2.26. The minimum Gasteiger partial charge on any atom is -0.309 e. The molecule has 8 aromatic rings. The topological polar surface area (TPSA) is 8.17 Å². The quantitative estimate of drug-likeness (QED) is 0.178. The van der Waals surface area contributed by atoms with E-state index in [1.165, 1.54) is 66.0 Å². The fourth-order valence-corrected chi connectivity index (χ4v) is 8.47. The molecule has 0 N–H and O–H groups in total. The Morgan fingerprint density at radius 3 is 1.60 bits per heavy atom. The molecule has 1 aliphatic rings. The molecule has 0 fully saturated rings. The third-order valence-electron chi connectivity index (χ3n) is 11.0. The zero-order chi connectivity index (χ0) is 36.1. The number of nitrogens with zero attached hydrogens (tertiary/aromatic N) is 2. The minimum atomic E-state index is 0.0500. The molecule has 0 bridgehead atoms. The third-order valence-corrected chi connectivity index (χ3v) is 11.5. The Morgan fingerprint density at radius 2 is 1.02 bits per heavy atom. The van der Waals surface area contributed by atoms with Crippen molar-refractivity contribution in [2.75, 3.05) is 4.90 Å². The number of aryl methyl sites for hydroxylation is 1. The van der Waals surface area contributed by atoms with Gasteiger partial charge in [-0.3, -0.25) is 0 Å². The van der Waals surface area contributed by atoms with Crippen molar-refractivity contribution in [3.63, 3.8) is 0 Å². The van der Waals surface area contributed by atoms with Crippen molar-refractivity contribution in [2.24, 2.45) is 0 Å². The Morgan fingerprint density at radius 1 is 0.500 bits per heavy atom. The molecule has 0 saturated carbocycles. The van der Waals surface area contributed by atoms with Gasteiger partial charge in [-0.25, -0.2) is 0 Å². The van der Waals surface area contributed by atoms with Crippen LogP contribution in [0.2, 0.25) is 5.02 Å². The maximum absolute atomic E-state index is 7.40. The lowest BCUT2D eigenvalue weighted by Crippen LogP contribution is -2.15. The molecule has 3 heteroatoms. The summed E-state index contributed by atoms with van der Waals surface area (Å²) in [4.78, 5) is 2.32. The maximum Gasteiger partial charge on any atom is 0.0677 e. The second-order valence-corrected chi connectivity index (χ2v) is 16.8. The number of halogens is 1. The molecule has 0 saturated heterocycles. The fourth-order valence-electron chi connectivity index (χ4n) is 8.28. The monoisotopic (exact) mass is 694 g/mol. The van der Waals surface area contributed by atoms with Crippen LogP contribution < -0.4 is 4.90 Å². The van der Waals surface area contributed by atoms with Gasteiger partial charge in [0.15, 0.2) is 0 Å². The van der Waals surface area contributed by atoms with E-state index in [-0.39, 0.29) is 10.8 Å². The van der Waals surface area contributed by atoms with Gasteiger partial charge in [0.25, 0.3) is 0 Å². The van der Waals surface area contributed by atoms with Crippen molar-refractivity contribution in [3.05, 3.63) is 155 Å². The van der Waals surface area contributed by atoms with Crippen LogP contribution in [-0.2, 0) is 10.8 Å². The van der Waals surface area contributed by atoms with Crippen LogP contribution in [0, 0.1) is 6.92 Å². The van der Waals surface area contributed by atoms with E-state index in [9.17, 15) is 0 Å². The zero-order valence-corrected chi connectivity index (χ0v) is 31.7. The molecule has 0 aliphatic heterocycles. The lowest BCUT2D eigenvalue weighted by molar-refractivity contribution is 0.590. The second kappa shape index (κ2) is 11.6. The van der Waals surface area contributed by atoms with Gasteiger partial charge in [-0.05, 0) is 116 Å². The van der Waals surface area contributed by atoms with E-state index < -0.39 is 0 Å². The molecule has 0 unspecified atom stereocenters. The van der Waals surface area contributed by atoms with Gasteiger partial charge >= 0.3 is 0 Å². The molecule has 52 heavy (non-hydrogen) atoms. The maximum atomic E-state index is 7.40. The van der Waals surface area contributed by atoms with Crippen molar-refractivity contribution in [2.45, 2.75) is 59.3 Å². The highest BCUT2D eigenvalue weighted by Crippen LogP contribution is 2.50. The number of anilines is 3. The summed E-state index contributed by atoms with van der Waals surface area (Å²) in [6, 6.07) is 49.4. The van der Waals surface area contributed by atoms with Crippen LogP contribution in [0.25, 0.3) is 60.5 Å². The molecule has 0 spiro atoms. The lowest BCUT2D eigenvalue weighted by atomic mass is 9.86.